The molecule has 0 spiro atoms. The second kappa shape index (κ2) is 8.12. The van der Waals surface area contributed by atoms with Crippen LogP contribution >= 0.6 is 11.6 Å². The lowest BCUT2D eigenvalue weighted by molar-refractivity contribution is 0.0988. The quantitative estimate of drug-likeness (QED) is 0.513. The van der Waals surface area contributed by atoms with Gasteiger partial charge in [-0.2, -0.15) is 0 Å². The van der Waals surface area contributed by atoms with Crippen molar-refractivity contribution in [3.63, 3.8) is 0 Å². The molecular formula is C21H16ClFN2O2. The minimum Gasteiger partial charge on any atom is -0.398 e. The highest BCUT2D eigenvalue weighted by Crippen LogP contribution is 2.31. The van der Waals surface area contributed by atoms with Gasteiger partial charge in [0.1, 0.15) is 11.9 Å². The maximum absolute atomic E-state index is 13.2. The lowest BCUT2D eigenvalue weighted by atomic mass is 9.91. The highest BCUT2D eigenvalue weighted by Gasteiger charge is 2.26. The third-order valence-electron chi connectivity index (χ3n) is 4.08. The predicted molar refractivity (Wildman–Crippen MR) is 102 cm³/mol. The molecule has 27 heavy (non-hydrogen) atoms. The third-order valence-corrected chi connectivity index (χ3v) is 4.41. The maximum atomic E-state index is 13.2. The van der Waals surface area contributed by atoms with Crippen molar-refractivity contribution in [1.29, 1.82) is 0 Å². The van der Waals surface area contributed by atoms with Gasteiger partial charge in [0.2, 0.25) is 0 Å². The van der Waals surface area contributed by atoms with Crippen molar-refractivity contribution >= 4 is 23.1 Å². The van der Waals surface area contributed by atoms with Crippen molar-refractivity contribution in [2.24, 2.45) is 5.73 Å². The minimum atomic E-state index is -1.33. The number of nitrogens with two attached hydrogens (primary N) is 1. The topological polar surface area (TPSA) is 76.2 Å². The maximum Gasteiger partial charge on any atom is 0.194 e. The van der Waals surface area contributed by atoms with Gasteiger partial charge < -0.3 is 10.8 Å². The first-order chi connectivity index (χ1) is 13.0. The van der Waals surface area contributed by atoms with E-state index in [9.17, 15) is 14.3 Å². The summed E-state index contributed by atoms with van der Waals surface area (Å²) in [4.78, 5) is 17.1. The van der Waals surface area contributed by atoms with E-state index >= 15 is 0 Å². The summed E-state index contributed by atoms with van der Waals surface area (Å²) in [5.74, 6) is -0.993. The Morgan fingerprint density at radius 1 is 1.07 bits per heavy atom. The van der Waals surface area contributed by atoms with Crippen LogP contribution in [0.2, 0.25) is 5.02 Å². The molecule has 0 amide bonds. The van der Waals surface area contributed by atoms with E-state index in [2.05, 4.69) is 4.98 Å². The summed E-state index contributed by atoms with van der Waals surface area (Å²) in [6.07, 6.45) is 1.67. The van der Waals surface area contributed by atoms with E-state index in [1.807, 2.05) is 0 Å². The first-order valence-electron chi connectivity index (χ1n) is 8.12. The molecule has 0 saturated heterocycles. The SMILES string of the molecule is NC(=C(C(=O)c1ccc(F)cc1)C(O)c1cccnc1)c1ccccc1Cl. The van der Waals surface area contributed by atoms with Crippen LogP contribution in [0.5, 0.6) is 0 Å². The van der Waals surface area contributed by atoms with Crippen molar-refractivity contribution in [3.8, 4) is 0 Å². The average molecular weight is 383 g/mol. The number of ketones is 1. The summed E-state index contributed by atoms with van der Waals surface area (Å²) < 4.78 is 13.2. The van der Waals surface area contributed by atoms with E-state index in [1.54, 1.807) is 42.6 Å². The number of nitrogens with zero attached hydrogens (tertiary/aromatic N) is 1. The Morgan fingerprint density at radius 3 is 2.41 bits per heavy atom. The van der Waals surface area contributed by atoms with Crippen molar-refractivity contribution in [2.45, 2.75) is 6.10 Å². The molecule has 2 aromatic carbocycles. The Kier molecular flexibility index (Phi) is 5.64. The Balaban J connectivity index is 2.17. The summed E-state index contributed by atoms with van der Waals surface area (Å²) in [6.45, 7) is 0. The van der Waals surface area contributed by atoms with Gasteiger partial charge in [-0.3, -0.25) is 9.78 Å². The van der Waals surface area contributed by atoms with Gasteiger partial charge in [-0.25, -0.2) is 4.39 Å². The van der Waals surface area contributed by atoms with Gasteiger partial charge in [-0.05, 0) is 36.4 Å². The molecule has 0 fully saturated rings. The summed E-state index contributed by atoms with van der Waals surface area (Å²) >= 11 is 6.22. The molecule has 4 nitrogen and oxygen atoms in total. The molecule has 3 N–H and O–H groups in total. The van der Waals surface area contributed by atoms with E-state index < -0.39 is 17.7 Å². The zero-order valence-electron chi connectivity index (χ0n) is 14.1. The van der Waals surface area contributed by atoms with Gasteiger partial charge in [0.15, 0.2) is 5.78 Å². The van der Waals surface area contributed by atoms with Crippen LogP contribution in [0.1, 0.15) is 27.6 Å². The number of aromatic nitrogens is 1. The number of aliphatic hydroxyl groups excluding tert-OH is 1. The van der Waals surface area contributed by atoms with Gasteiger partial charge in [0.25, 0.3) is 0 Å². The number of pyridine rings is 1. The molecule has 0 aliphatic heterocycles. The van der Waals surface area contributed by atoms with Crippen molar-refractivity contribution in [2.75, 3.05) is 0 Å². The zero-order valence-corrected chi connectivity index (χ0v) is 14.9. The third kappa shape index (κ3) is 4.05. The normalized spacial score (nSPS) is 13.0. The number of carbonyl (C=O) groups excluding carboxylic acids is 1. The largest absolute Gasteiger partial charge is 0.398 e. The molecule has 0 aliphatic rings. The highest BCUT2D eigenvalue weighted by atomic mass is 35.5. The molecule has 0 radical (unpaired) electrons. The zero-order chi connectivity index (χ0) is 19.4. The fourth-order valence-corrected chi connectivity index (χ4v) is 2.92. The predicted octanol–water partition coefficient (Wildman–Crippen LogP) is 4.16. The van der Waals surface area contributed by atoms with Crippen LogP contribution in [-0.4, -0.2) is 15.9 Å². The van der Waals surface area contributed by atoms with Gasteiger partial charge in [0, 0.05) is 34.1 Å². The van der Waals surface area contributed by atoms with Gasteiger partial charge >= 0.3 is 0 Å². The van der Waals surface area contributed by atoms with Crippen LogP contribution < -0.4 is 5.73 Å². The van der Waals surface area contributed by atoms with E-state index in [0.29, 0.717) is 16.1 Å². The summed E-state index contributed by atoms with van der Waals surface area (Å²) in [5, 5.41) is 11.2. The molecule has 136 valence electrons. The number of hydrogen-bond donors (Lipinski definition) is 2. The van der Waals surface area contributed by atoms with Crippen LogP contribution in [0.25, 0.3) is 5.70 Å². The Bertz CT molecular complexity index is 989. The van der Waals surface area contributed by atoms with Crippen molar-refractivity contribution in [1.82, 2.24) is 4.98 Å². The van der Waals surface area contributed by atoms with Crippen molar-refractivity contribution in [3.05, 3.63) is 106 Å². The van der Waals surface area contributed by atoms with Gasteiger partial charge in [-0.1, -0.05) is 35.9 Å². The molecule has 1 heterocycles. The highest BCUT2D eigenvalue weighted by molar-refractivity contribution is 6.32. The molecule has 1 atom stereocenters. The summed E-state index contributed by atoms with van der Waals surface area (Å²) in [5.41, 5.74) is 7.28. The first kappa shape index (κ1) is 18.8. The van der Waals surface area contributed by atoms with Crippen LogP contribution in [-0.2, 0) is 0 Å². The van der Waals surface area contributed by atoms with Crippen LogP contribution in [0.3, 0.4) is 0 Å². The lowest BCUT2D eigenvalue weighted by Crippen LogP contribution is -2.18. The molecule has 1 aromatic heterocycles. The molecule has 3 rings (SSSR count). The monoisotopic (exact) mass is 382 g/mol. The van der Waals surface area contributed by atoms with E-state index in [-0.39, 0.29) is 16.8 Å². The van der Waals surface area contributed by atoms with Gasteiger partial charge in [-0.15, -0.1) is 0 Å². The van der Waals surface area contributed by atoms with E-state index in [0.717, 1.165) is 0 Å². The average Bonchev–Trinajstić information content (AvgIpc) is 2.69. The Hall–Kier alpha value is -3.02. The van der Waals surface area contributed by atoms with Crippen LogP contribution in [0.4, 0.5) is 4.39 Å². The Morgan fingerprint density at radius 2 is 1.78 bits per heavy atom. The molecule has 6 heteroatoms. The number of hydrogen-bond acceptors (Lipinski definition) is 4. The second-order valence-corrected chi connectivity index (χ2v) is 6.24. The number of Topliss-reactive ketones (excluding diaryl/α,β-unsaturated/α-hetero) is 1. The molecule has 1 unspecified atom stereocenters. The summed E-state index contributed by atoms with van der Waals surface area (Å²) in [7, 11) is 0. The lowest BCUT2D eigenvalue weighted by Gasteiger charge is -2.18. The fraction of sp³-hybridized carbons (Fsp3) is 0.0476. The minimum absolute atomic E-state index is 0.0475. The standard InChI is InChI=1S/C21H16ClFN2O2/c22-17-6-2-1-5-16(17)19(24)18(21(27)14-4-3-11-25-12-14)20(26)13-7-9-15(23)10-8-13/h1-12,21,27H,24H2. The van der Waals surface area contributed by atoms with Gasteiger partial charge in [0.05, 0.1) is 11.3 Å². The van der Waals surface area contributed by atoms with Crippen LogP contribution in [0.15, 0.2) is 78.6 Å². The van der Waals surface area contributed by atoms with Crippen molar-refractivity contribution < 1.29 is 14.3 Å². The molecule has 3 aromatic rings. The second-order valence-electron chi connectivity index (χ2n) is 5.83. The molecule has 0 saturated carbocycles. The number of rotatable bonds is 5. The first-order valence-corrected chi connectivity index (χ1v) is 8.49. The smallest absolute Gasteiger partial charge is 0.194 e. The Labute approximate surface area is 160 Å². The van der Waals surface area contributed by atoms with E-state index in [4.69, 9.17) is 17.3 Å². The number of halogens is 2. The summed E-state index contributed by atoms with van der Waals surface area (Å²) in [6, 6.07) is 15.1. The number of benzene rings is 2. The molecule has 0 bridgehead atoms. The number of carbonyl (C=O) groups is 1. The number of aliphatic hydroxyl groups is 1. The van der Waals surface area contributed by atoms with Crippen LogP contribution in [0, 0.1) is 5.82 Å². The van der Waals surface area contributed by atoms with E-state index in [1.165, 1.54) is 30.5 Å². The molecular weight excluding hydrogens is 367 g/mol. The fourth-order valence-electron chi connectivity index (χ4n) is 2.68. The molecule has 0 aliphatic carbocycles.